The average molecular weight is 334 g/mol. The first-order valence-corrected chi connectivity index (χ1v) is 10.1. The molecule has 0 heterocycles. The third-order valence-electron chi connectivity index (χ3n) is 4.64. The second kappa shape index (κ2) is 8.77. The summed E-state index contributed by atoms with van der Waals surface area (Å²) in [5.74, 6) is 1.55. The molecule has 0 spiro atoms. The number of benzene rings is 1. The molecule has 1 saturated carbocycles. The molecule has 1 N–H and O–H groups in total. The Balaban J connectivity index is 2.03. The molecule has 2 nitrogen and oxygen atoms in total. The Morgan fingerprint density at radius 1 is 1.09 bits per heavy atom. The molecule has 1 amide bonds. The number of anilines is 1. The van der Waals surface area contributed by atoms with Crippen LogP contribution in [-0.2, 0) is 4.79 Å². The van der Waals surface area contributed by atoms with Gasteiger partial charge in [0.25, 0.3) is 0 Å². The van der Waals surface area contributed by atoms with Crippen LogP contribution >= 0.6 is 11.8 Å². The summed E-state index contributed by atoms with van der Waals surface area (Å²) in [7, 11) is 0. The Hall–Kier alpha value is -0.960. The fourth-order valence-electron chi connectivity index (χ4n) is 3.30. The Morgan fingerprint density at radius 2 is 1.65 bits per heavy atom. The first-order valence-electron chi connectivity index (χ1n) is 9.03. The van der Waals surface area contributed by atoms with Crippen LogP contribution in [0.15, 0.2) is 18.2 Å². The number of hydrogen-bond acceptors (Lipinski definition) is 2. The summed E-state index contributed by atoms with van der Waals surface area (Å²) in [6.45, 7) is 8.75. The van der Waals surface area contributed by atoms with Crippen molar-refractivity contribution in [1.29, 1.82) is 0 Å². The third kappa shape index (κ3) is 5.27. The molecule has 128 valence electrons. The van der Waals surface area contributed by atoms with Gasteiger partial charge < -0.3 is 5.32 Å². The smallest absolute Gasteiger partial charge is 0.234 e. The molecule has 0 aliphatic heterocycles. The van der Waals surface area contributed by atoms with Gasteiger partial charge in [0, 0.05) is 10.9 Å². The summed E-state index contributed by atoms with van der Waals surface area (Å²) in [5.41, 5.74) is 3.53. The summed E-state index contributed by atoms with van der Waals surface area (Å²) in [6.07, 6.45) is 6.57. The number of carbonyl (C=O) groups excluding carboxylic acids is 1. The van der Waals surface area contributed by atoms with Crippen molar-refractivity contribution < 1.29 is 4.79 Å². The zero-order valence-electron chi connectivity index (χ0n) is 15.0. The fourth-order valence-corrected chi connectivity index (χ4v) is 4.42. The lowest BCUT2D eigenvalue weighted by molar-refractivity contribution is -0.113. The van der Waals surface area contributed by atoms with Gasteiger partial charge in [-0.25, -0.2) is 0 Å². The van der Waals surface area contributed by atoms with Crippen molar-refractivity contribution >= 4 is 23.4 Å². The predicted octanol–water partition coefficient (Wildman–Crippen LogP) is 5.94. The van der Waals surface area contributed by atoms with E-state index in [-0.39, 0.29) is 5.91 Å². The van der Waals surface area contributed by atoms with Crippen LogP contribution in [0.25, 0.3) is 0 Å². The van der Waals surface area contributed by atoms with Gasteiger partial charge in [-0.05, 0) is 35.8 Å². The van der Waals surface area contributed by atoms with E-state index in [2.05, 4.69) is 51.2 Å². The van der Waals surface area contributed by atoms with Crippen LogP contribution in [0.2, 0.25) is 0 Å². The topological polar surface area (TPSA) is 29.1 Å². The second-order valence-electron chi connectivity index (χ2n) is 7.24. The highest BCUT2D eigenvalue weighted by Crippen LogP contribution is 2.33. The molecule has 1 aliphatic rings. The molecule has 0 saturated heterocycles. The average Bonchev–Trinajstić information content (AvgIpc) is 2.53. The van der Waals surface area contributed by atoms with Gasteiger partial charge in [0.05, 0.1) is 5.75 Å². The summed E-state index contributed by atoms with van der Waals surface area (Å²) >= 11 is 1.84. The molecule has 1 aliphatic carbocycles. The quantitative estimate of drug-likeness (QED) is 0.698. The zero-order chi connectivity index (χ0) is 16.8. The van der Waals surface area contributed by atoms with Gasteiger partial charge in [0.1, 0.15) is 0 Å². The SMILES string of the molecule is CC(C)c1cccc(C(C)C)c1NC(=O)CSC1CCCCC1. The van der Waals surface area contributed by atoms with E-state index in [1.165, 1.54) is 43.2 Å². The lowest BCUT2D eigenvalue weighted by Crippen LogP contribution is -2.20. The monoisotopic (exact) mass is 333 g/mol. The minimum absolute atomic E-state index is 0.149. The van der Waals surface area contributed by atoms with E-state index in [1.807, 2.05) is 11.8 Å². The van der Waals surface area contributed by atoms with Crippen LogP contribution in [0, 0.1) is 0 Å². The molecule has 1 aromatic carbocycles. The van der Waals surface area contributed by atoms with Crippen molar-refractivity contribution in [2.24, 2.45) is 0 Å². The van der Waals surface area contributed by atoms with Crippen molar-refractivity contribution in [3.8, 4) is 0 Å². The van der Waals surface area contributed by atoms with Gasteiger partial charge in [0.15, 0.2) is 0 Å². The van der Waals surface area contributed by atoms with Crippen molar-refractivity contribution in [3.63, 3.8) is 0 Å². The van der Waals surface area contributed by atoms with Gasteiger partial charge >= 0.3 is 0 Å². The highest BCUT2D eigenvalue weighted by molar-refractivity contribution is 8.00. The number of carbonyl (C=O) groups is 1. The largest absolute Gasteiger partial charge is 0.325 e. The second-order valence-corrected chi connectivity index (χ2v) is 8.53. The number of thioether (sulfide) groups is 1. The molecular weight excluding hydrogens is 302 g/mol. The van der Waals surface area contributed by atoms with E-state index in [0.29, 0.717) is 22.8 Å². The molecule has 0 atom stereocenters. The molecule has 2 rings (SSSR count). The van der Waals surface area contributed by atoms with Crippen molar-refractivity contribution in [1.82, 2.24) is 0 Å². The van der Waals surface area contributed by atoms with Gasteiger partial charge in [-0.2, -0.15) is 0 Å². The van der Waals surface area contributed by atoms with Crippen LogP contribution in [0.3, 0.4) is 0 Å². The number of amides is 1. The lowest BCUT2D eigenvalue weighted by Gasteiger charge is -2.22. The highest BCUT2D eigenvalue weighted by atomic mass is 32.2. The maximum atomic E-state index is 12.5. The van der Waals surface area contributed by atoms with Crippen molar-refractivity contribution in [3.05, 3.63) is 29.3 Å². The van der Waals surface area contributed by atoms with Crippen LogP contribution in [0.1, 0.15) is 82.8 Å². The molecule has 1 aromatic rings. The first-order chi connectivity index (χ1) is 11.0. The number of nitrogens with one attached hydrogen (secondary N) is 1. The van der Waals surface area contributed by atoms with E-state index >= 15 is 0 Å². The standard InChI is InChI=1S/C20H31NOS/c1-14(2)17-11-8-12-18(15(3)4)20(17)21-19(22)13-23-16-9-6-5-7-10-16/h8,11-12,14-16H,5-7,9-10,13H2,1-4H3,(H,21,22). The predicted molar refractivity (Wildman–Crippen MR) is 103 cm³/mol. The molecule has 0 aromatic heterocycles. The van der Waals surface area contributed by atoms with Crippen LogP contribution in [0.5, 0.6) is 0 Å². The Kier molecular flexibility index (Phi) is 7.01. The normalized spacial score (nSPS) is 16.1. The molecule has 1 fully saturated rings. The summed E-state index contributed by atoms with van der Waals surface area (Å²) < 4.78 is 0. The minimum Gasteiger partial charge on any atom is -0.325 e. The summed E-state index contributed by atoms with van der Waals surface area (Å²) in [4.78, 5) is 12.5. The molecule has 0 bridgehead atoms. The number of rotatable bonds is 6. The van der Waals surface area contributed by atoms with Crippen LogP contribution in [0.4, 0.5) is 5.69 Å². The summed E-state index contributed by atoms with van der Waals surface area (Å²) in [5, 5.41) is 3.90. The van der Waals surface area contributed by atoms with E-state index in [1.54, 1.807) is 0 Å². The van der Waals surface area contributed by atoms with Gasteiger partial charge in [0.2, 0.25) is 5.91 Å². The summed E-state index contributed by atoms with van der Waals surface area (Å²) in [6, 6.07) is 6.39. The van der Waals surface area contributed by atoms with Gasteiger partial charge in [-0.3, -0.25) is 4.79 Å². The van der Waals surface area contributed by atoms with Crippen molar-refractivity contribution in [2.75, 3.05) is 11.1 Å². The van der Waals surface area contributed by atoms with Crippen molar-refractivity contribution in [2.45, 2.75) is 76.9 Å². The van der Waals surface area contributed by atoms with E-state index < -0.39 is 0 Å². The molecule has 3 heteroatoms. The maximum Gasteiger partial charge on any atom is 0.234 e. The fraction of sp³-hybridized carbons (Fsp3) is 0.650. The Labute approximate surface area is 145 Å². The van der Waals surface area contributed by atoms with E-state index in [0.717, 1.165) is 5.69 Å². The Bertz CT molecular complexity index is 492. The lowest BCUT2D eigenvalue weighted by atomic mass is 9.92. The highest BCUT2D eigenvalue weighted by Gasteiger charge is 2.18. The first kappa shape index (κ1) is 18.4. The molecule has 0 unspecified atom stereocenters. The van der Waals surface area contributed by atoms with Gasteiger partial charge in [-0.1, -0.05) is 65.2 Å². The number of hydrogen-bond donors (Lipinski definition) is 1. The maximum absolute atomic E-state index is 12.5. The van der Waals surface area contributed by atoms with E-state index in [4.69, 9.17) is 0 Å². The number of para-hydroxylation sites is 1. The van der Waals surface area contributed by atoms with E-state index in [9.17, 15) is 4.79 Å². The Morgan fingerprint density at radius 3 is 2.17 bits per heavy atom. The van der Waals surface area contributed by atoms with Crippen LogP contribution < -0.4 is 5.32 Å². The minimum atomic E-state index is 0.149. The van der Waals surface area contributed by atoms with Crippen LogP contribution in [-0.4, -0.2) is 16.9 Å². The molecular formula is C20H31NOS. The van der Waals surface area contributed by atoms with Gasteiger partial charge in [-0.15, -0.1) is 11.8 Å². The molecule has 0 radical (unpaired) electrons. The zero-order valence-corrected chi connectivity index (χ0v) is 15.8. The third-order valence-corrected chi connectivity index (χ3v) is 6.01. The molecule has 23 heavy (non-hydrogen) atoms.